The van der Waals surface area contributed by atoms with Crippen LogP contribution in [0.3, 0.4) is 0 Å². The molecule has 0 unspecified atom stereocenters. The van der Waals surface area contributed by atoms with Gasteiger partial charge in [0.2, 0.25) is 5.89 Å². The van der Waals surface area contributed by atoms with Crippen LogP contribution >= 0.6 is 0 Å². The number of ether oxygens (including phenoxy) is 2. The van der Waals surface area contributed by atoms with Crippen LogP contribution in [-0.2, 0) is 0 Å². The Morgan fingerprint density at radius 2 is 1.65 bits per heavy atom. The summed E-state index contributed by atoms with van der Waals surface area (Å²) in [5, 5.41) is 0.640. The van der Waals surface area contributed by atoms with Gasteiger partial charge in [-0.2, -0.15) is 0 Å². The average molecular weight is 413 g/mol. The molecular formula is C24H15NO6. The molecule has 0 atom stereocenters. The molecule has 2 heterocycles. The Balaban J connectivity index is 1.45. The van der Waals surface area contributed by atoms with Gasteiger partial charge in [0, 0.05) is 11.5 Å². The van der Waals surface area contributed by atoms with E-state index < -0.39 is 11.6 Å². The number of nitrogens with zero attached hydrogens (tertiary/aromatic N) is 1. The van der Waals surface area contributed by atoms with E-state index in [1.54, 1.807) is 61.7 Å². The van der Waals surface area contributed by atoms with Crippen LogP contribution in [0, 0.1) is 0 Å². The van der Waals surface area contributed by atoms with Gasteiger partial charge in [0.15, 0.2) is 5.58 Å². The highest BCUT2D eigenvalue weighted by molar-refractivity contribution is 5.92. The zero-order chi connectivity index (χ0) is 21.4. The van der Waals surface area contributed by atoms with Crippen LogP contribution in [0.5, 0.6) is 11.5 Å². The number of benzene rings is 3. The van der Waals surface area contributed by atoms with E-state index in [0.717, 1.165) is 0 Å². The first-order valence-corrected chi connectivity index (χ1v) is 9.41. The molecule has 2 aromatic heterocycles. The monoisotopic (exact) mass is 413 g/mol. The first-order chi connectivity index (χ1) is 15.1. The molecule has 7 nitrogen and oxygen atoms in total. The topological polar surface area (TPSA) is 91.8 Å². The number of hydrogen-bond acceptors (Lipinski definition) is 7. The molecule has 0 spiro atoms. The Kier molecular flexibility index (Phi) is 4.48. The van der Waals surface area contributed by atoms with Crippen LogP contribution in [0.1, 0.15) is 10.4 Å². The molecule has 0 amide bonds. The minimum absolute atomic E-state index is 0.187. The predicted molar refractivity (Wildman–Crippen MR) is 113 cm³/mol. The molecule has 0 aliphatic heterocycles. The van der Waals surface area contributed by atoms with Gasteiger partial charge in [-0.15, -0.1) is 0 Å². The van der Waals surface area contributed by atoms with Crippen molar-refractivity contribution in [2.24, 2.45) is 0 Å². The van der Waals surface area contributed by atoms with Crippen LogP contribution in [0.2, 0.25) is 0 Å². The van der Waals surface area contributed by atoms with Gasteiger partial charge < -0.3 is 18.3 Å². The van der Waals surface area contributed by atoms with Crippen molar-refractivity contribution in [2.75, 3.05) is 7.11 Å². The number of hydrogen-bond donors (Lipinski definition) is 0. The van der Waals surface area contributed by atoms with Crippen molar-refractivity contribution in [2.45, 2.75) is 0 Å². The summed E-state index contributed by atoms with van der Waals surface area (Å²) in [6, 6.07) is 20.3. The van der Waals surface area contributed by atoms with E-state index in [-0.39, 0.29) is 22.8 Å². The summed E-state index contributed by atoms with van der Waals surface area (Å²) in [5.74, 6) is 0.546. The number of rotatable bonds is 4. The van der Waals surface area contributed by atoms with Crippen molar-refractivity contribution < 1.29 is 23.1 Å². The van der Waals surface area contributed by atoms with E-state index in [0.29, 0.717) is 27.8 Å². The first-order valence-electron chi connectivity index (χ1n) is 9.41. The molecule has 152 valence electrons. The van der Waals surface area contributed by atoms with Crippen molar-refractivity contribution in [3.63, 3.8) is 0 Å². The molecule has 0 N–H and O–H groups in total. The van der Waals surface area contributed by atoms with Crippen molar-refractivity contribution in [3.05, 3.63) is 88.8 Å². The van der Waals surface area contributed by atoms with E-state index in [1.807, 2.05) is 12.1 Å². The van der Waals surface area contributed by atoms with E-state index in [1.165, 1.54) is 6.07 Å². The molecule has 5 aromatic rings. The van der Waals surface area contributed by atoms with Gasteiger partial charge in [-0.1, -0.05) is 12.1 Å². The fourth-order valence-electron chi connectivity index (χ4n) is 3.18. The lowest BCUT2D eigenvalue weighted by molar-refractivity contribution is 0.0735. The predicted octanol–water partition coefficient (Wildman–Crippen LogP) is 4.83. The minimum Gasteiger partial charge on any atom is -0.497 e. The maximum absolute atomic E-state index is 12.5. The number of carbonyl (C=O) groups excluding carboxylic acids is 1. The molecule has 0 fully saturated rings. The molecule has 7 heteroatoms. The first kappa shape index (κ1) is 18.6. The third kappa shape index (κ3) is 3.53. The highest BCUT2D eigenvalue weighted by Crippen LogP contribution is 2.27. The van der Waals surface area contributed by atoms with Crippen LogP contribution < -0.4 is 15.1 Å². The number of fused-ring (bicyclic) bond motifs is 2. The summed E-state index contributed by atoms with van der Waals surface area (Å²) in [6.07, 6.45) is 0. The van der Waals surface area contributed by atoms with Gasteiger partial charge in [-0.3, -0.25) is 0 Å². The van der Waals surface area contributed by atoms with Crippen LogP contribution in [0.4, 0.5) is 0 Å². The third-order valence-electron chi connectivity index (χ3n) is 4.77. The van der Waals surface area contributed by atoms with Gasteiger partial charge in [0.25, 0.3) is 0 Å². The fourth-order valence-corrected chi connectivity index (χ4v) is 3.18. The van der Waals surface area contributed by atoms with Gasteiger partial charge in [0.1, 0.15) is 28.2 Å². The molecule has 0 saturated heterocycles. The molecule has 0 saturated carbocycles. The second-order valence-corrected chi connectivity index (χ2v) is 6.75. The molecule has 3 aromatic carbocycles. The Bertz CT molecular complexity index is 1450. The number of methoxy groups -OCH3 is 1. The smallest absolute Gasteiger partial charge is 0.349 e. The third-order valence-corrected chi connectivity index (χ3v) is 4.77. The van der Waals surface area contributed by atoms with E-state index in [4.69, 9.17) is 18.3 Å². The molecule has 0 radical (unpaired) electrons. The van der Waals surface area contributed by atoms with E-state index >= 15 is 0 Å². The number of esters is 1. The highest BCUT2D eigenvalue weighted by atomic mass is 16.5. The van der Waals surface area contributed by atoms with Crippen molar-refractivity contribution in [1.29, 1.82) is 0 Å². The quantitative estimate of drug-likeness (QED) is 0.237. The summed E-state index contributed by atoms with van der Waals surface area (Å²) < 4.78 is 21.6. The number of aromatic nitrogens is 1. The van der Waals surface area contributed by atoms with Crippen LogP contribution in [-0.4, -0.2) is 18.1 Å². The number of para-hydroxylation sites is 2. The SMILES string of the molecule is COc1ccc(C(=O)Oc2ccc3cc(-c4nc5ccccc5o4)c(=O)oc3c2)cc1. The number of oxazole rings is 1. The molecular weight excluding hydrogens is 398 g/mol. The number of carbonyl (C=O) groups is 1. The molecule has 0 bridgehead atoms. The van der Waals surface area contributed by atoms with Gasteiger partial charge in [-0.05, 0) is 54.6 Å². The zero-order valence-electron chi connectivity index (χ0n) is 16.3. The average Bonchev–Trinajstić information content (AvgIpc) is 3.22. The van der Waals surface area contributed by atoms with Crippen molar-refractivity contribution in [3.8, 4) is 23.0 Å². The Labute approximate surface area is 175 Å². The maximum Gasteiger partial charge on any atom is 0.349 e. The highest BCUT2D eigenvalue weighted by Gasteiger charge is 2.15. The van der Waals surface area contributed by atoms with Crippen molar-refractivity contribution in [1.82, 2.24) is 4.98 Å². The summed E-state index contributed by atoms with van der Waals surface area (Å²) >= 11 is 0. The molecule has 31 heavy (non-hydrogen) atoms. The Hall–Kier alpha value is -4.39. The summed E-state index contributed by atoms with van der Waals surface area (Å²) in [6.45, 7) is 0. The van der Waals surface area contributed by atoms with Crippen LogP contribution in [0.25, 0.3) is 33.5 Å². The molecule has 0 aliphatic rings. The maximum atomic E-state index is 12.5. The Morgan fingerprint density at radius 3 is 2.42 bits per heavy atom. The van der Waals surface area contributed by atoms with Crippen LogP contribution in [0.15, 0.2) is 86.4 Å². The minimum atomic E-state index is -0.599. The van der Waals surface area contributed by atoms with E-state index in [2.05, 4.69) is 4.98 Å². The normalized spacial score (nSPS) is 11.0. The summed E-state index contributed by atoms with van der Waals surface area (Å²) in [4.78, 5) is 29.3. The standard InChI is InChI=1S/C24H15NO6/c1-28-16-9-6-14(7-10-16)23(26)29-17-11-8-15-12-18(24(27)31-21(15)13-17)22-25-19-4-2-3-5-20(19)30-22/h2-13H,1H3. The van der Waals surface area contributed by atoms with Gasteiger partial charge in [0.05, 0.1) is 12.7 Å². The van der Waals surface area contributed by atoms with Gasteiger partial charge in [-0.25, -0.2) is 14.6 Å². The summed E-state index contributed by atoms with van der Waals surface area (Å²) in [7, 11) is 1.55. The molecule has 0 aliphatic carbocycles. The largest absolute Gasteiger partial charge is 0.497 e. The fraction of sp³-hybridized carbons (Fsp3) is 0.0417. The lowest BCUT2D eigenvalue weighted by Gasteiger charge is -2.06. The summed E-state index contributed by atoms with van der Waals surface area (Å²) in [5.41, 5.74) is 1.50. The van der Waals surface area contributed by atoms with Crippen molar-refractivity contribution >= 4 is 28.0 Å². The lowest BCUT2D eigenvalue weighted by Crippen LogP contribution is -2.08. The Morgan fingerprint density at radius 1 is 0.871 bits per heavy atom. The second-order valence-electron chi connectivity index (χ2n) is 6.75. The van der Waals surface area contributed by atoms with Gasteiger partial charge >= 0.3 is 11.6 Å². The van der Waals surface area contributed by atoms with E-state index in [9.17, 15) is 9.59 Å². The second kappa shape index (κ2) is 7.46. The zero-order valence-corrected chi connectivity index (χ0v) is 16.3. The lowest BCUT2D eigenvalue weighted by atomic mass is 10.1. The molecule has 5 rings (SSSR count).